The molecule has 3 aromatic rings. The highest BCUT2D eigenvalue weighted by atomic mass is 16.3. The van der Waals surface area contributed by atoms with Gasteiger partial charge in [0, 0.05) is 69.2 Å². The second-order valence-corrected chi connectivity index (χ2v) is 10.7. The highest BCUT2D eigenvalue weighted by Gasteiger charge is 2.16. The molecule has 0 saturated carbocycles. The molecule has 2 aliphatic heterocycles. The molecule has 2 aromatic heterocycles. The first kappa shape index (κ1) is 25.2. The van der Waals surface area contributed by atoms with Crippen LogP contribution >= 0.6 is 0 Å². The van der Waals surface area contributed by atoms with Gasteiger partial charge in [-0.05, 0) is 43.9 Å². The Kier molecular flexibility index (Phi) is 8.51. The third-order valence-electron chi connectivity index (χ3n) is 7.82. The van der Waals surface area contributed by atoms with Crippen molar-refractivity contribution in [1.82, 2.24) is 24.3 Å². The van der Waals surface area contributed by atoms with Crippen LogP contribution in [0.25, 0.3) is 22.2 Å². The number of likely N-dealkylation sites (N-methyl/N-ethyl adjacent to an activating group) is 1. The van der Waals surface area contributed by atoms with Crippen LogP contribution in [0.3, 0.4) is 0 Å². The number of hydrogen-bond acceptors (Lipinski definition) is 6. The molecule has 1 saturated heterocycles. The second kappa shape index (κ2) is 12.2. The number of piperazine rings is 1. The lowest BCUT2D eigenvalue weighted by molar-refractivity contribution is 0.147. The molecule has 36 heavy (non-hydrogen) atoms. The van der Waals surface area contributed by atoms with Gasteiger partial charge in [-0.2, -0.15) is 4.98 Å². The topological polar surface area (TPSA) is 69.5 Å². The number of aromatic nitrogens is 3. The molecule has 1 atom stereocenters. The molecule has 194 valence electrons. The third-order valence-corrected chi connectivity index (χ3v) is 7.82. The zero-order valence-corrected chi connectivity index (χ0v) is 21.8. The summed E-state index contributed by atoms with van der Waals surface area (Å²) in [4.78, 5) is 14.5. The van der Waals surface area contributed by atoms with Crippen molar-refractivity contribution >= 4 is 17.0 Å². The van der Waals surface area contributed by atoms with Crippen LogP contribution in [-0.2, 0) is 13.1 Å². The van der Waals surface area contributed by atoms with Gasteiger partial charge in [-0.1, -0.05) is 49.9 Å². The number of aliphatic hydroxyl groups is 1. The summed E-state index contributed by atoms with van der Waals surface area (Å²) in [6.45, 7) is 7.39. The van der Waals surface area contributed by atoms with Crippen molar-refractivity contribution in [2.45, 2.75) is 70.6 Å². The largest absolute Gasteiger partial charge is 0.393 e. The van der Waals surface area contributed by atoms with E-state index in [-0.39, 0.29) is 6.10 Å². The first-order chi connectivity index (χ1) is 17.7. The van der Waals surface area contributed by atoms with Gasteiger partial charge in [0.25, 0.3) is 0 Å². The van der Waals surface area contributed by atoms with Crippen molar-refractivity contribution < 1.29 is 5.11 Å². The van der Waals surface area contributed by atoms with Crippen molar-refractivity contribution in [2.24, 2.45) is 0 Å². The third kappa shape index (κ3) is 6.44. The van der Waals surface area contributed by atoms with Gasteiger partial charge in [-0.15, -0.1) is 0 Å². The van der Waals surface area contributed by atoms with Gasteiger partial charge in [-0.25, -0.2) is 4.98 Å². The predicted molar refractivity (Wildman–Crippen MR) is 147 cm³/mol. The summed E-state index contributed by atoms with van der Waals surface area (Å²) in [6, 6.07) is 9.07. The normalized spacial score (nSPS) is 21.6. The molecule has 2 aliphatic rings. The molecule has 0 spiro atoms. The highest BCUT2D eigenvalue weighted by molar-refractivity contribution is 5.94. The lowest BCUT2D eigenvalue weighted by Gasteiger charge is -2.32. The van der Waals surface area contributed by atoms with Crippen LogP contribution in [0.2, 0.25) is 0 Å². The Balaban J connectivity index is 1.35. The number of hydrogen-bond donors (Lipinski definition) is 2. The lowest BCUT2D eigenvalue weighted by atomic mass is 10.0. The number of rotatable bonds is 3. The van der Waals surface area contributed by atoms with E-state index in [0.717, 1.165) is 108 Å². The molecule has 0 amide bonds. The van der Waals surface area contributed by atoms with Crippen molar-refractivity contribution in [3.05, 3.63) is 42.2 Å². The van der Waals surface area contributed by atoms with Crippen LogP contribution in [-0.4, -0.2) is 75.3 Å². The Hall–Kier alpha value is -2.48. The maximum atomic E-state index is 10.3. The van der Waals surface area contributed by atoms with Gasteiger partial charge in [0.1, 0.15) is 5.65 Å². The molecule has 1 unspecified atom stereocenters. The molecule has 1 fully saturated rings. The highest BCUT2D eigenvalue weighted by Crippen LogP contribution is 2.31. The molecule has 7 heteroatoms. The summed E-state index contributed by atoms with van der Waals surface area (Å²) < 4.78 is 2.30. The first-order valence-corrected chi connectivity index (χ1v) is 13.9. The quantitative estimate of drug-likeness (QED) is 0.552. The van der Waals surface area contributed by atoms with Gasteiger partial charge < -0.3 is 19.9 Å². The minimum absolute atomic E-state index is 0.147. The van der Waals surface area contributed by atoms with Crippen LogP contribution in [0.5, 0.6) is 0 Å². The number of aryl methyl sites for hydroxylation is 1. The number of fused-ring (bicyclic) bond motifs is 1. The zero-order valence-electron chi connectivity index (χ0n) is 21.8. The van der Waals surface area contributed by atoms with E-state index < -0.39 is 0 Å². The number of nitrogens with one attached hydrogen (secondary N) is 1. The second-order valence-electron chi connectivity index (χ2n) is 10.7. The molecular weight excluding hydrogens is 448 g/mol. The smallest absolute Gasteiger partial charge is 0.224 e. The van der Waals surface area contributed by atoms with E-state index in [1.807, 2.05) is 6.20 Å². The Morgan fingerprint density at radius 2 is 1.67 bits per heavy atom. The van der Waals surface area contributed by atoms with Crippen LogP contribution in [0.4, 0.5) is 5.95 Å². The van der Waals surface area contributed by atoms with Gasteiger partial charge in [0.05, 0.1) is 6.10 Å². The molecule has 1 aromatic carbocycles. The van der Waals surface area contributed by atoms with Crippen LogP contribution in [0, 0.1) is 0 Å². The summed E-state index contributed by atoms with van der Waals surface area (Å²) >= 11 is 0. The maximum absolute atomic E-state index is 10.3. The average molecular weight is 491 g/mol. The summed E-state index contributed by atoms with van der Waals surface area (Å²) in [5.41, 5.74) is 4.81. The zero-order chi connectivity index (χ0) is 24.7. The van der Waals surface area contributed by atoms with Gasteiger partial charge in [-0.3, -0.25) is 4.90 Å². The van der Waals surface area contributed by atoms with E-state index >= 15 is 0 Å². The molecule has 5 rings (SSSR count). The Morgan fingerprint density at radius 3 is 2.44 bits per heavy atom. The number of anilines is 1. The first-order valence-electron chi connectivity index (χ1n) is 13.9. The van der Waals surface area contributed by atoms with E-state index in [4.69, 9.17) is 4.98 Å². The minimum atomic E-state index is -0.147. The molecular formula is C29H42N6O. The fourth-order valence-corrected chi connectivity index (χ4v) is 5.47. The Bertz CT molecular complexity index is 1100. The maximum Gasteiger partial charge on any atom is 0.224 e. The Labute approximate surface area is 215 Å². The average Bonchev–Trinajstić information content (AvgIpc) is 3.25. The molecule has 0 aliphatic carbocycles. The Morgan fingerprint density at radius 1 is 0.917 bits per heavy atom. The standard InChI is InChI=1S/C29H42N6O/c1-33-16-18-34(19-17-33)21-23-10-12-24(13-11-23)27-22-35-15-7-3-5-9-25(36)8-4-2-6-14-30-29-31-20-26(27)28(35)32-29/h10-13,20,22,25,36H,2-9,14-19,21H2,1H3,(H,30,31,32). The van der Waals surface area contributed by atoms with Crippen molar-refractivity contribution in [3.63, 3.8) is 0 Å². The van der Waals surface area contributed by atoms with Crippen LogP contribution in [0.15, 0.2) is 36.7 Å². The van der Waals surface area contributed by atoms with Crippen molar-refractivity contribution in [3.8, 4) is 11.1 Å². The van der Waals surface area contributed by atoms with Gasteiger partial charge in [0.2, 0.25) is 5.95 Å². The van der Waals surface area contributed by atoms with E-state index in [1.165, 1.54) is 16.7 Å². The summed E-state index contributed by atoms with van der Waals surface area (Å²) in [5, 5.41) is 14.8. The fourth-order valence-electron chi connectivity index (χ4n) is 5.47. The van der Waals surface area contributed by atoms with Crippen LogP contribution < -0.4 is 5.32 Å². The summed E-state index contributed by atoms with van der Waals surface area (Å²) in [5.74, 6) is 0.711. The monoisotopic (exact) mass is 490 g/mol. The molecule has 2 N–H and O–H groups in total. The summed E-state index contributed by atoms with van der Waals surface area (Å²) in [7, 11) is 2.20. The van der Waals surface area contributed by atoms with E-state index in [1.54, 1.807) is 0 Å². The van der Waals surface area contributed by atoms with E-state index in [2.05, 4.69) is 62.2 Å². The minimum Gasteiger partial charge on any atom is -0.393 e. The van der Waals surface area contributed by atoms with Crippen LogP contribution in [0.1, 0.15) is 56.9 Å². The molecule has 4 heterocycles. The fraction of sp³-hybridized carbons (Fsp3) is 0.586. The van der Waals surface area contributed by atoms with Crippen molar-refractivity contribution in [2.75, 3.05) is 45.1 Å². The number of nitrogens with zero attached hydrogens (tertiary/aromatic N) is 5. The predicted octanol–water partition coefficient (Wildman–Crippen LogP) is 4.75. The lowest BCUT2D eigenvalue weighted by Crippen LogP contribution is -2.43. The molecule has 7 nitrogen and oxygen atoms in total. The van der Waals surface area contributed by atoms with Crippen molar-refractivity contribution in [1.29, 1.82) is 0 Å². The van der Waals surface area contributed by atoms with E-state index in [9.17, 15) is 5.11 Å². The molecule has 0 radical (unpaired) electrons. The van der Waals surface area contributed by atoms with Gasteiger partial charge >= 0.3 is 0 Å². The molecule has 2 bridgehead atoms. The number of benzene rings is 1. The number of aliphatic hydroxyl groups excluding tert-OH is 1. The SMILES string of the molecule is CN1CCN(Cc2ccc(-c3cn4c5nc(ncc35)NCCCCCC(O)CCCCC4)cc2)CC1. The summed E-state index contributed by atoms with van der Waals surface area (Å²) in [6.07, 6.45) is 12.5. The van der Waals surface area contributed by atoms with Gasteiger partial charge in [0.15, 0.2) is 0 Å². The van der Waals surface area contributed by atoms with E-state index in [0.29, 0.717) is 5.95 Å².